The Morgan fingerprint density at radius 2 is 1.96 bits per heavy atom. The monoisotopic (exact) mass is 339 g/mol. The molecule has 1 aliphatic heterocycles. The van der Waals surface area contributed by atoms with Gasteiger partial charge in [0.05, 0.1) is 12.2 Å². The van der Waals surface area contributed by atoms with Gasteiger partial charge in [0.1, 0.15) is 5.75 Å². The Hall–Kier alpha value is -2.89. The molecule has 2 N–H and O–H groups in total. The van der Waals surface area contributed by atoms with E-state index in [0.29, 0.717) is 38.1 Å². The Kier molecular flexibility index (Phi) is 5.61. The van der Waals surface area contributed by atoms with Crippen molar-refractivity contribution in [1.29, 1.82) is 0 Å². The first-order chi connectivity index (χ1) is 12.2. The number of hydrogen-bond donors (Lipinski definition) is 2. The van der Waals surface area contributed by atoms with Crippen molar-refractivity contribution in [3.63, 3.8) is 0 Å². The molecule has 0 saturated carbocycles. The highest BCUT2D eigenvalue weighted by atomic mass is 16.5. The Morgan fingerprint density at radius 1 is 1.12 bits per heavy atom. The van der Waals surface area contributed by atoms with E-state index < -0.39 is 0 Å². The van der Waals surface area contributed by atoms with Gasteiger partial charge in [-0.2, -0.15) is 0 Å². The van der Waals surface area contributed by atoms with Crippen LogP contribution in [-0.4, -0.2) is 36.5 Å². The maximum Gasteiger partial charge on any atom is 0.252 e. The Balaban J connectivity index is 1.44. The number of para-hydroxylation sites is 1. The first-order valence-corrected chi connectivity index (χ1v) is 8.40. The van der Waals surface area contributed by atoms with Gasteiger partial charge in [0.15, 0.2) is 0 Å². The van der Waals surface area contributed by atoms with Crippen molar-refractivity contribution >= 4 is 11.8 Å². The third-order valence-electron chi connectivity index (χ3n) is 4.17. The summed E-state index contributed by atoms with van der Waals surface area (Å²) in [4.78, 5) is 28.2. The van der Waals surface area contributed by atoms with Gasteiger partial charge >= 0.3 is 0 Å². The number of aromatic nitrogens is 1. The van der Waals surface area contributed by atoms with Crippen LogP contribution in [-0.2, 0) is 11.2 Å². The second-order valence-corrected chi connectivity index (χ2v) is 5.93. The third-order valence-corrected chi connectivity index (χ3v) is 4.17. The van der Waals surface area contributed by atoms with Crippen molar-refractivity contribution in [2.75, 3.05) is 19.7 Å². The van der Waals surface area contributed by atoms with Crippen molar-refractivity contribution < 1.29 is 14.3 Å². The fourth-order valence-corrected chi connectivity index (χ4v) is 2.82. The summed E-state index contributed by atoms with van der Waals surface area (Å²) in [6, 6.07) is 11.2. The van der Waals surface area contributed by atoms with E-state index in [2.05, 4.69) is 15.6 Å². The van der Waals surface area contributed by atoms with E-state index in [1.54, 1.807) is 18.3 Å². The Labute approximate surface area is 146 Å². The molecule has 2 aromatic rings. The molecular weight excluding hydrogens is 318 g/mol. The topological polar surface area (TPSA) is 80.3 Å². The molecular formula is C19H21N3O3. The highest BCUT2D eigenvalue weighted by Crippen LogP contribution is 2.26. The van der Waals surface area contributed by atoms with E-state index >= 15 is 0 Å². The molecule has 0 spiro atoms. The van der Waals surface area contributed by atoms with Crippen LogP contribution in [0.15, 0.2) is 48.8 Å². The van der Waals surface area contributed by atoms with Gasteiger partial charge in [0.2, 0.25) is 5.91 Å². The van der Waals surface area contributed by atoms with Gasteiger partial charge < -0.3 is 15.4 Å². The maximum absolute atomic E-state index is 12.4. The average molecular weight is 339 g/mol. The molecule has 2 heterocycles. The molecule has 0 fully saturated rings. The molecule has 1 aromatic carbocycles. The molecule has 6 heteroatoms. The minimum atomic E-state index is -0.195. The SMILES string of the molecule is O=C(NCCNC(=O)[C@H]1CCOc2ccccc2C1)c1cccnc1. The average Bonchev–Trinajstić information content (AvgIpc) is 2.88. The zero-order valence-corrected chi connectivity index (χ0v) is 13.9. The van der Waals surface area contributed by atoms with Crippen LogP contribution in [0.5, 0.6) is 5.75 Å². The number of benzene rings is 1. The van der Waals surface area contributed by atoms with E-state index in [0.717, 1.165) is 11.3 Å². The molecule has 3 rings (SSSR count). The van der Waals surface area contributed by atoms with Crippen molar-refractivity contribution in [2.24, 2.45) is 5.92 Å². The van der Waals surface area contributed by atoms with Crippen molar-refractivity contribution in [2.45, 2.75) is 12.8 Å². The van der Waals surface area contributed by atoms with Gasteiger partial charge in [-0.05, 0) is 36.6 Å². The predicted octanol–water partition coefficient (Wildman–Crippen LogP) is 1.57. The van der Waals surface area contributed by atoms with Gasteiger partial charge in [-0.1, -0.05) is 18.2 Å². The van der Waals surface area contributed by atoms with E-state index in [9.17, 15) is 9.59 Å². The molecule has 25 heavy (non-hydrogen) atoms. The summed E-state index contributed by atoms with van der Waals surface area (Å²) in [5.74, 6) is 0.550. The van der Waals surface area contributed by atoms with Crippen LogP contribution in [0.4, 0.5) is 0 Å². The molecule has 0 radical (unpaired) electrons. The molecule has 130 valence electrons. The molecule has 6 nitrogen and oxygen atoms in total. The zero-order valence-electron chi connectivity index (χ0n) is 13.9. The van der Waals surface area contributed by atoms with Crippen LogP contribution < -0.4 is 15.4 Å². The smallest absolute Gasteiger partial charge is 0.252 e. The number of nitrogens with one attached hydrogen (secondary N) is 2. The number of amides is 2. The van der Waals surface area contributed by atoms with Crippen molar-refractivity contribution in [1.82, 2.24) is 15.6 Å². The maximum atomic E-state index is 12.4. The molecule has 0 bridgehead atoms. The first kappa shape index (κ1) is 17.0. The normalized spacial score (nSPS) is 16.1. The molecule has 0 unspecified atom stereocenters. The van der Waals surface area contributed by atoms with E-state index in [4.69, 9.17) is 4.74 Å². The quantitative estimate of drug-likeness (QED) is 0.811. The number of nitrogens with zero attached hydrogens (tertiary/aromatic N) is 1. The summed E-state index contributed by atoms with van der Waals surface area (Å²) >= 11 is 0. The molecule has 0 aliphatic carbocycles. The molecule has 0 saturated heterocycles. The number of carbonyl (C=O) groups is 2. The van der Waals surface area contributed by atoms with Crippen LogP contribution in [0, 0.1) is 5.92 Å². The molecule has 1 atom stereocenters. The Bertz CT molecular complexity index is 734. The lowest BCUT2D eigenvalue weighted by Gasteiger charge is -2.14. The molecule has 2 amide bonds. The van der Waals surface area contributed by atoms with Crippen LogP contribution in [0.25, 0.3) is 0 Å². The summed E-state index contributed by atoms with van der Waals surface area (Å²) < 4.78 is 5.69. The van der Waals surface area contributed by atoms with E-state index in [1.807, 2.05) is 24.3 Å². The lowest BCUT2D eigenvalue weighted by molar-refractivity contribution is -0.125. The lowest BCUT2D eigenvalue weighted by Crippen LogP contribution is -2.38. The standard InChI is InChI=1S/C19H21N3O3/c23-18(15-7-11-25-17-6-2-1-4-14(17)12-15)21-9-10-22-19(24)16-5-3-8-20-13-16/h1-6,8,13,15H,7,9-12H2,(H,21,23)(H,22,24)/t15-/m0/s1. The number of pyridine rings is 1. The van der Waals surface area contributed by atoms with Crippen molar-refractivity contribution in [3.8, 4) is 5.75 Å². The van der Waals surface area contributed by atoms with E-state index in [1.165, 1.54) is 6.20 Å². The van der Waals surface area contributed by atoms with Crippen LogP contribution in [0.3, 0.4) is 0 Å². The number of hydrogen-bond acceptors (Lipinski definition) is 4. The van der Waals surface area contributed by atoms with Gasteiger partial charge in [0, 0.05) is 31.4 Å². The minimum Gasteiger partial charge on any atom is -0.493 e. The summed E-state index contributed by atoms with van der Waals surface area (Å²) in [6.45, 7) is 1.30. The second-order valence-electron chi connectivity index (χ2n) is 5.93. The molecule has 1 aromatic heterocycles. The second kappa shape index (κ2) is 8.28. The highest BCUT2D eigenvalue weighted by Gasteiger charge is 2.23. The fraction of sp³-hybridized carbons (Fsp3) is 0.316. The van der Waals surface area contributed by atoms with E-state index in [-0.39, 0.29) is 17.7 Å². The number of fused-ring (bicyclic) bond motifs is 1. The highest BCUT2D eigenvalue weighted by molar-refractivity contribution is 5.93. The van der Waals surface area contributed by atoms with Crippen LogP contribution in [0.2, 0.25) is 0 Å². The third kappa shape index (κ3) is 4.56. The fourth-order valence-electron chi connectivity index (χ4n) is 2.82. The lowest BCUT2D eigenvalue weighted by atomic mass is 9.96. The molecule has 1 aliphatic rings. The predicted molar refractivity (Wildman–Crippen MR) is 93.3 cm³/mol. The van der Waals surface area contributed by atoms with Gasteiger partial charge in [-0.15, -0.1) is 0 Å². The van der Waals surface area contributed by atoms with Crippen LogP contribution in [0.1, 0.15) is 22.3 Å². The number of carbonyl (C=O) groups excluding carboxylic acids is 2. The van der Waals surface area contributed by atoms with Crippen LogP contribution >= 0.6 is 0 Å². The summed E-state index contributed by atoms with van der Waals surface area (Å²) in [6.07, 6.45) is 4.48. The number of ether oxygens (including phenoxy) is 1. The summed E-state index contributed by atoms with van der Waals surface area (Å²) in [5, 5.41) is 5.66. The first-order valence-electron chi connectivity index (χ1n) is 8.40. The number of rotatable bonds is 5. The zero-order chi connectivity index (χ0) is 17.5. The Morgan fingerprint density at radius 3 is 2.80 bits per heavy atom. The largest absolute Gasteiger partial charge is 0.493 e. The van der Waals surface area contributed by atoms with Gasteiger partial charge in [-0.3, -0.25) is 14.6 Å². The summed E-state index contributed by atoms with van der Waals surface area (Å²) in [7, 11) is 0. The minimum absolute atomic E-state index is 0.00377. The van der Waals surface area contributed by atoms with Crippen molar-refractivity contribution in [3.05, 3.63) is 59.9 Å². The van der Waals surface area contributed by atoms with Gasteiger partial charge in [0.25, 0.3) is 5.91 Å². The van der Waals surface area contributed by atoms with Gasteiger partial charge in [-0.25, -0.2) is 0 Å². The summed E-state index contributed by atoms with van der Waals surface area (Å²) in [5.41, 5.74) is 1.57.